The molecule has 1 heterocycles. The van der Waals surface area contributed by atoms with E-state index in [4.69, 9.17) is 4.42 Å². The fourth-order valence-corrected chi connectivity index (χ4v) is 2.49. The quantitative estimate of drug-likeness (QED) is 0.767. The molecule has 0 aliphatic rings. The van der Waals surface area contributed by atoms with Crippen molar-refractivity contribution < 1.29 is 9.52 Å². The smallest absolute Gasteiger partial charge is 0.408 e. The number of hydrogen-bond donors (Lipinski definition) is 3. The van der Waals surface area contributed by atoms with Gasteiger partial charge in [0.05, 0.1) is 5.52 Å². The number of nitrogens with one attached hydrogen (secondary N) is 2. The fraction of sp³-hybridized carbons (Fsp3) is 0.500. The zero-order valence-corrected chi connectivity index (χ0v) is 11.4. The molecule has 19 heavy (non-hydrogen) atoms. The van der Waals surface area contributed by atoms with Crippen molar-refractivity contribution in [3.63, 3.8) is 0 Å². The molecule has 1 aromatic carbocycles. The topological polar surface area (TPSA) is 78.3 Å². The Kier molecular flexibility index (Phi) is 4.07. The van der Waals surface area contributed by atoms with Gasteiger partial charge in [-0.3, -0.25) is 4.98 Å². The molecule has 1 aromatic heterocycles. The molecular formula is C14H20N2O3. The van der Waals surface area contributed by atoms with Gasteiger partial charge in [0.25, 0.3) is 0 Å². The van der Waals surface area contributed by atoms with E-state index in [1.807, 2.05) is 19.2 Å². The molecule has 2 rings (SSSR count). The van der Waals surface area contributed by atoms with Crippen molar-refractivity contribution in [2.45, 2.75) is 19.9 Å². The number of aliphatic hydroxyl groups is 1. The highest BCUT2D eigenvalue weighted by Gasteiger charge is 2.24. The molecule has 5 nitrogen and oxygen atoms in total. The summed E-state index contributed by atoms with van der Waals surface area (Å²) in [6.07, 6.45) is 0. The Morgan fingerprint density at radius 2 is 2.16 bits per heavy atom. The Morgan fingerprint density at radius 1 is 1.42 bits per heavy atom. The lowest BCUT2D eigenvalue weighted by Gasteiger charge is -2.28. The van der Waals surface area contributed by atoms with Crippen molar-refractivity contribution >= 4 is 11.1 Å². The normalized spacial score (nSPS) is 15.0. The number of H-pyrrole nitrogens is 1. The van der Waals surface area contributed by atoms with Crippen LogP contribution < -0.4 is 11.1 Å². The molecule has 0 fully saturated rings. The van der Waals surface area contributed by atoms with Crippen molar-refractivity contribution in [2.24, 2.45) is 11.8 Å². The summed E-state index contributed by atoms with van der Waals surface area (Å²) < 4.78 is 4.99. The van der Waals surface area contributed by atoms with Gasteiger partial charge in [-0.1, -0.05) is 19.9 Å². The Labute approximate surface area is 111 Å². The lowest BCUT2D eigenvalue weighted by atomic mass is 9.85. The van der Waals surface area contributed by atoms with Gasteiger partial charge in [-0.05, 0) is 30.7 Å². The lowest BCUT2D eigenvalue weighted by Crippen LogP contribution is -2.31. The molecule has 2 unspecified atom stereocenters. The molecule has 0 saturated heterocycles. The molecule has 0 spiro atoms. The minimum Gasteiger partial charge on any atom is -0.408 e. The van der Waals surface area contributed by atoms with Gasteiger partial charge >= 0.3 is 5.76 Å². The van der Waals surface area contributed by atoms with Gasteiger partial charge in [0.1, 0.15) is 0 Å². The van der Waals surface area contributed by atoms with Gasteiger partial charge in [-0.2, -0.15) is 0 Å². The van der Waals surface area contributed by atoms with Crippen molar-refractivity contribution in [2.75, 3.05) is 13.7 Å². The van der Waals surface area contributed by atoms with E-state index in [0.29, 0.717) is 17.0 Å². The van der Waals surface area contributed by atoms with Crippen LogP contribution in [0.5, 0.6) is 0 Å². The lowest BCUT2D eigenvalue weighted by molar-refractivity contribution is 0.154. The zero-order valence-electron chi connectivity index (χ0n) is 11.4. The summed E-state index contributed by atoms with van der Waals surface area (Å²) >= 11 is 0. The number of hydrogen-bond acceptors (Lipinski definition) is 4. The first-order valence-corrected chi connectivity index (χ1v) is 6.47. The summed E-state index contributed by atoms with van der Waals surface area (Å²) in [6.45, 7) is 4.29. The second-order valence-electron chi connectivity index (χ2n) is 5.13. The predicted octanol–water partition coefficient (Wildman–Crippen LogP) is 1.65. The van der Waals surface area contributed by atoms with Crippen LogP contribution in [0, 0.1) is 11.8 Å². The maximum atomic E-state index is 11.2. The number of aromatic amines is 1. The van der Waals surface area contributed by atoms with Gasteiger partial charge in [-0.25, -0.2) is 4.79 Å². The Balaban J connectivity index is 2.42. The van der Waals surface area contributed by atoms with Crippen molar-refractivity contribution in [3.05, 3.63) is 34.3 Å². The second kappa shape index (κ2) is 5.59. The third-order valence-corrected chi connectivity index (χ3v) is 3.61. The fourth-order valence-electron chi connectivity index (χ4n) is 2.49. The highest BCUT2D eigenvalue weighted by Crippen LogP contribution is 2.29. The van der Waals surface area contributed by atoms with Crippen LogP contribution in [0.25, 0.3) is 11.1 Å². The first-order valence-electron chi connectivity index (χ1n) is 6.47. The highest BCUT2D eigenvalue weighted by molar-refractivity contribution is 5.72. The molecule has 0 saturated carbocycles. The van der Waals surface area contributed by atoms with Gasteiger partial charge in [0, 0.05) is 18.6 Å². The molecule has 0 radical (unpaired) electrons. The summed E-state index contributed by atoms with van der Waals surface area (Å²) in [4.78, 5) is 13.8. The zero-order chi connectivity index (χ0) is 14.0. The summed E-state index contributed by atoms with van der Waals surface area (Å²) in [7, 11) is 1.87. The molecule has 2 aromatic rings. The van der Waals surface area contributed by atoms with Crippen LogP contribution in [0.3, 0.4) is 0 Å². The summed E-state index contributed by atoms with van der Waals surface area (Å²) in [6, 6.07) is 5.63. The van der Waals surface area contributed by atoms with Crippen molar-refractivity contribution in [1.82, 2.24) is 10.3 Å². The molecule has 3 N–H and O–H groups in total. The minimum atomic E-state index is -0.448. The minimum absolute atomic E-state index is 0.0350. The average molecular weight is 264 g/mol. The first-order chi connectivity index (χ1) is 9.06. The van der Waals surface area contributed by atoms with Crippen LogP contribution in [-0.4, -0.2) is 23.7 Å². The van der Waals surface area contributed by atoms with E-state index in [2.05, 4.69) is 24.1 Å². The van der Waals surface area contributed by atoms with E-state index in [9.17, 15) is 9.90 Å². The highest BCUT2D eigenvalue weighted by atomic mass is 16.4. The Morgan fingerprint density at radius 3 is 2.74 bits per heavy atom. The van der Waals surface area contributed by atoms with Gasteiger partial charge < -0.3 is 14.8 Å². The van der Waals surface area contributed by atoms with E-state index in [1.165, 1.54) is 0 Å². The molecular weight excluding hydrogens is 244 g/mol. The molecule has 0 amide bonds. The van der Waals surface area contributed by atoms with Crippen molar-refractivity contribution in [3.8, 4) is 0 Å². The third kappa shape index (κ3) is 2.72. The first kappa shape index (κ1) is 13.8. The van der Waals surface area contributed by atoms with Gasteiger partial charge in [0.15, 0.2) is 5.58 Å². The Bertz CT molecular complexity index is 600. The molecule has 2 atom stereocenters. The van der Waals surface area contributed by atoms with E-state index < -0.39 is 5.76 Å². The average Bonchev–Trinajstić information content (AvgIpc) is 2.74. The van der Waals surface area contributed by atoms with Crippen LogP contribution >= 0.6 is 0 Å². The summed E-state index contributed by atoms with van der Waals surface area (Å²) in [5.74, 6) is 0.0124. The molecule has 0 aliphatic carbocycles. The third-order valence-electron chi connectivity index (χ3n) is 3.61. The van der Waals surface area contributed by atoms with Crippen LogP contribution in [0.2, 0.25) is 0 Å². The number of rotatable bonds is 5. The maximum Gasteiger partial charge on any atom is 0.417 e. The maximum absolute atomic E-state index is 11.2. The van der Waals surface area contributed by atoms with Crippen LogP contribution in [0.4, 0.5) is 0 Å². The number of oxazole rings is 1. The number of aromatic nitrogens is 1. The summed E-state index contributed by atoms with van der Waals surface area (Å²) in [5, 5.41) is 12.8. The number of fused-ring (bicyclic) bond motifs is 1. The van der Waals surface area contributed by atoms with E-state index in [1.54, 1.807) is 6.07 Å². The molecule has 5 heteroatoms. The van der Waals surface area contributed by atoms with Gasteiger partial charge in [-0.15, -0.1) is 0 Å². The second-order valence-corrected chi connectivity index (χ2v) is 5.13. The number of benzene rings is 1. The van der Waals surface area contributed by atoms with E-state index in [-0.39, 0.29) is 18.6 Å². The summed E-state index contributed by atoms with van der Waals surface area (Å²) in [5.41, 5.74) is 2.26. The van der Waals surface area contributed by atoms with Gasteiger partial charge in [0.2, 0.25) is 0 Å². The number of aliphatic hydroxyl groups excluding tert-OH is 1. The van der Waals surface area contributed by atoms with E-state index in [0.717, 1.165) is 5.56 Å². The van der Waals surface area contributed by atoms with Crippen LogP contribution in [-0.2, 0) is 0 Å². The SMILES string of the molecule is CNC(c1ccc2oc(=O)[nH]c2c1)C(CO)C(C)C. The monoisotopic (exact) mass is 264 g/mol. The standard InChI is InChI=1S/C14H20N2O3/c1-8(2)10(7-17)13(15-3)9-4-5-12-11(6-9)16-14(18)19-12/h4-6,8,10,13,15,17H,7H2,1-3H3,(H,16,18). The molecule has 0 bridgehead atoms. The Hall–Kier alpha value is -1.59. The van der Waals surface area contributed by atoms with Crippen LogP contribution in [0.15, 0.2) is 27.4 Å². The largest absolute Gasteiger partial charge is 0.417 e. The molecule has 0 aliphatic heterocycles. The van der Waals surface area contributed by atoms with E-state index >= 15 is 0 Å². The predicted molar refractivity (Wildman–Crippen MR) is 74.0 cm³/mol. The van der Waals surface area contributed by atoms with Crippen LogP contribution in [0.1, 0.15) is 25.5 Å². The van der Waals surface area contributed by atoms with Crippen molar-refractivity contribution in [1.29, 1.82) is 0 Å². The molecule has 104 valence electrons.